The second kappa shape index (κ2) is 4.81. The molecule has 0 saturated heterocycles. The normalized spacial score (nSPS) is 9.67. The van der Waals surface area contributed by atoms with E-state index in [4.69, 9.17) is 22.0 Å². The number of aryl methyl sites for hydroxylation is 1. The van der Waals surface area contributed by atoms with Crippen molar-refractivity contribution < 1.29 is 9.90 Å². The zero-order valence-corrected chi connectivity index (χ0v) is 9.01. The highest BCUT2D eigenvalue weighted by Gasteiger charge is 2.10. The summed E-state index contributed by atoms with van der Waals surface area (Å²) < 4.78 is 0. The lowest BCUT2D eigenvalue weighted by Gasteiger charge is -2.06. The third-order valence-electron chi connectivity index (χ3n) is 2.12. The minimum atomic E-state index is -0.954. The van der Waals surface area contributed by atoms with Crippen molar-refractivity contribution in [2.75, 3.05) is 0 Å². The lowest BCUT2D eigenvalue weighted by molar-refractivity contribution is -0.136. The summed E-state index contributed by atoms with van der Waals surface area (Å²) in [6.07, 6.45) is 0.549. The van der Waals surface area contributed by atoms with Crippen molar-refractivity contribution in [2.45, 2.75) is 19.8 Å². The summed E-state index contributed by atoms with van der Waals surface area (Å²) in [6, 6.07) is 5.25. The van der Waals surface area contributed by atoms with Crippen LogP contribution in [0.4, 0.5) is 0 Å². The van der Waals surface area contributed by atoms with Gasteiger partial charge in [0.1, 0.15) is 0 Å². The van der Waals surface area contributed by atoms with Gasteiger partial charge in [-0.2, -0.15) is 5.26 Å². The van der Waals surface area contributed by atoms with Gasteiger partial charge >= 0.3 is 5.97 Å². The number of halogens is 1. The number of benzene rings is 1. The molecule has 0 aromatic heterocycles. The van der Waals surface area contributed by atoms with Gasteiger partial charge in [0, 0.05) is 5.02 Å². The summed E-state index contributed by atoms with van der Waals surface area (Å²) in [5, 5.41) is 17.9. The Hall–Kier alpha value is -1.53. The van der Waals surface area contributed by atoms with Crippen molar-refractivity contribution in [3.05, 3.63) is 33.8 Å². The second-order valence-corrected chi connectivity index (χ2v) is 3.54. The number of nitrogens with zero attached hydrogens (tertiary/aromatic N) is 1. The number of nitriles is 1. The van der Waals surface area contributed by atoms with E-state index in [2.05, 4.69) is 0 Å². The van der Waals surface area contributed by atoms with Crippen molar-refractivity contribution in [2.24, 2.45) is 0 Å². The molecule has 0 atom stereocenters. The van der Waals surface area contributed by atoms with E-state index in [-0.39, 0.29) is 6.42 Å². The van der Waals surface area contributed by atoms with Crippen LogP contribution in [-0.4, -0.2) is 11.1 Å². The first-order valence-corrected chi connectivity index (χ1v) is 4.89. The Morgan fingerprint density at radius 3 is 2.67 bits per heavy atom. The molecule has 4 heteroatoms. The Labute approximate surface area is 92.9 Å². The first-order chi connectivity index (χ1) is 7.08. The molecule has 15 heavy (non-hydrogen) atoms. The van der Waals surface area contributed by atoms with Crippen LogP contribution in [-0.2, 0) is 17.6 Å². The highest BCUT2D eigenvalue weighted by molar-refractivity contribution is 6.31. The maximum absolute atomic E-state index is 10.5. The summed E-state index contributed by atoms with van der Waals surface area (Å²) in [6.45, 7) is 1.92. The minimum absolute atomic E-state index is 0.155. The van der Waals surface area contributed by atoms with Crippen LogP contribution in [0.1, 0.15) is 23.6 Å². The van der Waals surface area contributed by atoms with Crippen molar-refractivity contribution in [3.8, 4) is 6.07 Å². The Kier molecular flexibility index (Phi) is 3.70. The monoisotopic (exact) mass is 223 g/mol. The van der Waals surface area contributed by atoms with Crippen LogP contribution in [0, 0.1) is 11.3 Å². The fourth-order valence-electron chi connectivity index (χ4n) is 1.35. The average Bonchev–Trinajstić information content (AvgIpc) is 2.19. The molecule has 1 aromatic carbocycles. The van der Waals surface area contributed by atoms with Crippen molar-refractivity contribution >= 4 is 17.6 Å². The van der Waals surface area contributed by atoms with E-state index < -0.39 is 5.97 Å². The summed E-state index contributed by atoms with van der Waals surface area (Å²) in [4.78, 5) is 10.5. The third-order valence-corrected chi connectivity index (χ3v) is 2.47. The van der Waals surface area contributed by atoms with E-state index in [0.29, 0.717) is 22.6 Å². The molecule has 78 valence electrons. The molecule has 0 fully saturated rings. The van der Waals surface area contributed by atoms with E-state index in [1.807, 2.05) is 13.0 Å². The molecular weight excluding hydrogens is 214 g/mol. The molecule has 3 nitrogen and oxygen atoms in total. The van der Waals surface area contributed by atoms with Gasteiger partial charge in [-0.1, -0.05) is 18.5 Å². The Morgan fingerprint density at radius 1 is 1.53 bits per heavy atom. The maximum atomic E-state index is 10.5. The van der Waals surface area contributed by atoms with Crippen LogP contribution in [0.15, 0.2) is 12.1 Å². The predicted molar refractivity (Wildman–Crippen MR) is 56.9 cm³/mol. The molecule has 0 aliphatic heterocycles. The largest absolute Gasteiger partial charge is 0.481 e. The summed E-state index contributed by atoms with van der Waals surface area (Å²) in [7, 11) is 0. The Morgan fingerprint density at radius 2 is 2.20 bits per heavy atom. The van der Waals surface area contributed by atoms with Gasteiger partial charge in [0.2, 0.25) is 0 Å². The van der Waals surface area contributed by atoms with Gasteiger partial charge in [-0.05, 0) is 29.7 Å². The number of carboxylic acids is 1. The number of rotatable bonds is 3. The molecule has 1 rings (SSSR count). The topological polar surface area (TPSA) is 61.1 Å². The summed E-state index contributed by atoms with van der Waals surface area (Å²) >= 11 is 5.91. The third kappa shape index (κ3) is 2.71. The van der Waals surface area contributed by atoms with Gasteiger partial charge < -0.3 is 5.11 Å². The van der Waals surface area contributed by atoms with Crippen LogP contribution < -0.4 is 0 Å². The first-order valence-electron chi connectivity index (χ1n) is 4.51. The van der Waals surface area contributed by atoms with Crippen LogP contribution in [0.2, 0.25) is 5.02 Å². The zero-order valence-electron chi connectivity index (χ0n) is 8.25. The first kappa shape index (κ1) is 11.5. The van der Waals surface area contributed by atoms with E-state index in [1.54, 1.807) is 12.1 Å². The number of carboxylic acid groups (broad SMARTS) is 1. The summed E-state index contributed by atoms with van der Waals surface area (Å²) in [5.41, 5.74) is 1.83. The van der Waals surface area contributed by atoms with Crippen LogP contribution >= 0.6 is 11.6 Å². The van der Waals surface area contributed by atoms with Gasteiger partial charge in [0.25, 0.3) is 0 Å². The van der Waals surface area contributed by atoms with Gasteiger partial charge in [-0.3, -0.25) is 4.79 Å². The Bertz CT molecular complexity index is 435. The van der Waals surface area contributed by atoms with Crippen molar-refractivity contribution in [1.82, 2.24) is 0 Å². The predicted octanol–water partition coefficient (Wildman–Crippen LogP) is 2.40. The Balaban J connectivity index is 3.21. The SMILES string of the molecule is CCc1cc(Cl)c(CC(=O)O)cc1C#N. The fourth-order valence-corrected chi connectivity index (χ4v) is 1.61. The van der Waals surface area contributed by atoms with Crippen molar-refractivity contribution in [3.63, 3.8) is 0 Å². The van der Waals surface area contributed by atoms with Gasteiger partial charge in [0.05, 0.1) is 18.1 Å². The zero-order chi connectivity index (χ0) is 11.4. The lowest BCUT2D eigenvalue weighted by Crippen LogP contribution is -2.02. The minimum Gasteiger partial charge on any atom is -0.481 e. The standard InChI is InChI=1S/C11H10ClNO2/c1-2-7-4-10(12)8(5-11(14)15)3-9(7)6-13/h3-4H,2,5H2,1H3,(H,14,15). The number of aliphatic carboxylic acids is 1. The second-order valence-electron chi connectivity index (χ2n) is 3.14. The molecule has 1 aromatic rings. The molecule has 0 amide bonds. The summed E-state index contributed by atoms with van der Waals surface area (Å²) in [5.74, 6) is -0.954. The van der Waals surface area contributed by atoms with E-state index >= 15 is 0 Å². The van der Waals surface area contributed by atoms with E-state index in [1.165, 1.54) is 0 Å². The molecule has 0 radical (unpaired) electrons. The average molecular weight is 224 g/mol. The van der Waals surface area contributed by atoms with Gasteiger partial charge in [0.15, 0.2) is 0 Å². The molecule has 0 heterocycles. The van der Waals surface area contributed by atoms with Crippen LogP contribution in [0.3, 0.4) is 0 Å². The molecule has 1 N–H and O–H groups in total. The lowest BCUT2D eigenvalue weighted by atomic mass is 10.0. The molecule has 0 aliphatic carbocycles. The van der Waals surface area contributed by atoms with Crippen molar-refractivity contribution in [1.29, 1.82) is 5.26 Å². The number of hydrogen-bond donors (Lipinski definition) is 1. The highest BCUT2D eigenvalue weighted by atomic mass is 35.5. The smallest absolute Gasteiger partial charge is 0.307 e. The van der Waals surface area contributed by atoms with Crippen LogP contribution in [0.25, 0.3) is 0 Å². The van der Waals surface area contributed by atoms with E-state index in [9.17, 15) is 4.79 Å². The van der Waals surface area contributed by atoms with Gasteiger partial charge in [-0.15, -0.1) is 0 Å². The molecule has 0 aliphatic rings. The van der Waals surface area contributed by atoms with Gasteiger partial charge in [-0.25, -0.2) is 0 Å². The highest BCUT2D eigenvalue weighted by Crippen LogP contribution is 2.22. The number of carbonyl (C=O) groups is 1. The fraction of sp³-hybridized carbons (Fsp3) is 0.273. The molecule has 0 bridgehead atoms. The van der Waals surface area contributed by atoms with Crippen LogP contribution in [0.5, 0.6) is 0 Å². The molecular formula is C11H10ClNO2. The number of hydrogen-bond acceptors (Lipinski definition) is 2. The molecule has 0 spiro atoms. The molecule has 0 unspecified atom stereocenters. The maximum Gasteiger partial charge on any atom is 0.307 e. The molecule has 0 saturated carbocycles. The van der Waals surface area contributed by atoms with E-state index in [0.717, 1.165) is 5.56 Å². The quantitative estimate of drug-likeness (QED) is 0.856.